The van der Waals surface area contributed by atoms with Gasteiger partial charge in [-0.1, -0.05) is 26.0 Å². The van der Waals surface area contributed by atoms with Gasteiger partial charge in [-0.25, -0.2) is 0 Å². The van der Waals surface area contributed by atoms with Gasteiger partial charge in [-0.3, -0.25) is 4.79 Å². The van der Waals surface area contributed by atoms with Crippen LogP contribution in [0.15, 0.2) is 24.3 Å². The standard InChI is InChI=1S/C15H24N2O2/c1-11(2)9-17-15(18)10-16-12(3)13-6-5-7-14(8-13)19-4/h5-8,11-12,16H,9-10H2,1-4H3,(H,17,18)/t12-/m1/s1. The molecule has 2 N–H and O–H groups in total. The number of nitrogens with one attached hydrogen (secondary N) is 2. The summed E-state index contributed by atoms with van der Waals surface area (Å²) in [4.78, 5) is 11.6. The number of methoxy groups -OCH3 is 1. The zero-order valence-electron chi connectivity index (χ0n) is 12.2. The number of hydrogen-bond donors (Lipinski definition) is 2. The lowest BCUT2D eigenvalue weighted by Crippen LogP contribution is -2.36. The van der Waals surface area contributed by atoms with Gasteiger partial charge in [0.05, 0.1) is 13.7 Å². The van der Waals surface area contributed by atoms with Gasteiger partial charge in [0, 0.05) is 12.6 Å². The summed E-state index contributed by atoms with van der Waals surface area (Å²) in [5, 5.41) is 6.09. The Morgan fingerprint density at radius 1 is 1.32 bits per heavy atom. The number of carbonyl (C=O) groups excluding carboxylic acids is 1. The maximum atomic E-state index is 11.6. The molecule has 0 saturated carbocycles. The van der Waals surface area contributed by atoms with E-state index in [0.717, 1.165) is 11.3 Å². The molecule has 1 amide bonds. The molecule has 0 heterocycles. The minimum absolute atomic E-state index is 0.0310. The maximum Gasteiger partial charge on any atom is 0.233 e. The SMILES string of the molecule is COc1cccc([C@@H](C)NCC(=O)NCC(C)C)c1. The van der Waals surface area contributed by atoms with Crippen molar-refractivity contribution in [3.63, 3.8) is 0 Å². The van der Waals surface area contributed by atoms with Gasteiger partial charge in [0.1, 0.15) is 5.75 Å². The molecular formula is C15H24N2O2. The fourth-order valence-electron chi connectivity index (χ4n) is 1.65. The maximum absolute atomic E-state index is 11.6. The second-order valence-corrected chi connectivity index (χ2v) is 5.08. The Morgan fingerprint density at radius 3 is 2.68 bits per heavy atom. The van der Waals surface area contributed by atoms with E-state index in [1.165, 1.54) is 0 Å². The zero-order valence-corrected chi connectivity index (χ0v) is 12.2. The molecular weight excluding hydrogens is 240 g/mol. The Labute approximate surface area is 115 Å². The third-order valence-electron chi connectivity index (χ3n) is 2.87. The number of hydrogen-bond acceptors (Lipinski definition) is 3. The average molecular weight is 264 g/mol. The highest BCUT2D eigenvalue weighted by atomic mass is 16.5. The first-order valence-corrected chi connectivity index (χ1v) is 6.67. The number of ether oxygens (including phenoxy) is 1. The van der Waals surface area contributed by atoms with Crippen molar-refractivity contribution in [3.8, 4) is 5.75 Å². The van der Waals surface area contributed by atoms with E-state index in [2.05, 4.69) is 24.5 Å². The van der Waals surface area contributed by atoms with Crippen molar-refractivity contribution in [1.29, 1.82) is 0 Å². The summed E-state index contributed by atoms with van der Waals surface area (Å²) in [7, 11) is 1.65. The van der Waals surface area contributed by atoms with E-state index in [0.29, 0.717) is 19.0 Å². The molecule has 4 heteroatoms. The second kappa shape index (κ2) is 7.79. The number of benzene rings is 1. The molecule has 1 atom stereocenters. The van der Waals surface area contributed by atoms with E-state index in [4.69, 9.17) is 4.74 Å². The Morgan fingerprint density at radius 2 is 2.05 bits per heavy atom. The third-order valence-corrected chi connectivity index (χ3v) is 2.87. The molecule has 0 aromatic heterocycles. The van der Waals surface area contributed by atoms with E-state index in [-0.39, 0.29) is 11.9 Å². The molecule has 0 unspecified atom stereocenters. The number of rotatable bonds is 7. The highest BCUT2D eigenvalue weighted by molar-refractivity contribution is 5.78. The van der Waals surface area contributed by atoms with Gasteiger partial charge in [-0.2, -0.15) is 0 Å². The molecule has 1 rings (SSSR count). The van der Waals surface area contributed by atoms with Crippen LogP contribution in [0.25, 0.3) is 0 Å². The summed E-state index contributed by atoms with van der Waals surface area (Å²) in [6, 6.07) is 7.96. The zero-order chi connectivity index (χ0) is 14.3. The quantitative estimate of drug-likeness (QED) is 0.793. The van der Waals surface area contributed by atoms with E-state index in [1.54, 1.807) is 7.11 Å². The van der Waals surface area contributed by atoms with Crippen LogP contribution in [0, 0.1) is 5.92 Å². The molecule has 4 nitrogen and oxygen atoms in total. The molecule has 106 valence electrons. The Bertz CT molecular complexity index is 405. The van der Waals surface area contributed by atoms with Gasteiger partial charge in [0.25, 0.3) is 0 Å². The number of carbonyl (C=O) groups is 1. The minimum Gasteiger partial charge on any atom is -0.497 e. The van der Waals surface area contributed by atoms with Gasteiger partial charge in [0.15, 0.2) is 0 Å². The summed E-state index contributed by atoms with van der Waals surface area (Å²) in [5.74, 6) is 1.33. The number of amides is 1. The monoisotopic (exact) mass is 264 g/mol. The molecule has 0 aliphatic rings. The lowest BCUT2D eigenvalue weighted by molar-refractivity contribution is -0.120. The van der Waals surface area contributed by atoms with Gasteiger partial charge in [0.2, 0.25) is 5.91 Å². The largest absolute Gasteiger partial charge is 0.497 e. The van der Waals surface area contributed by atoms with Crippen molar-refractivity contribution in [2.45, 2.75) is 26.8 Å². The third kappa shape index (κ3) is 5.75. The van der Waals surface area contributed by atoms with Gasteiger partial charge in [-0.15, -0.1) is 0 Å². The van der Waals surface area contributed by atoms with Crippen LogP contribution in [0.2, 0.25) is 0 Å². The predicted molar refractivity (Wildman–Crippen MR) is 77.3 cm³/mol. The van der Waals surface area contributed by atoms with Crippen molar-refractivity contribution >= 4 is 5.91 Å². The fourth-order valence-corrected chi connectivity index (χ4v) is 1.65. The Balaban J connectivity index is 2.41. The average Bonchev–Trinajstić information content (AvgIpc) is 2.42. The molecule has 0 fully saturated rings. The van der Waals surface area contributed by atoms with Gasteiger partial charge in [-0.05, 0) is 30.5 Å². The fraction of sp³-hybridized carbons (Fsp3) is 0.533. The molecule has 0 radical (unpaired) electrons. The van der Waals surface area contributed by atoms with Crippen LogP contribution < -0.4 is 15.4 Å². The van der Waals surface area contributed by atoms with E-state index < -0.39 is 0 Å². The minimum atomic E-state index is 0.0310. The molecule has 0 aliphatic carbocycles. The first-order chi connectivity index (χ1) is 9.02. The Kier molecular flexibility index (Phi) is 6.36. The van der Waals surface area contributed by atoms with Crippen LogP contribution in [0.5, 0.6) is 5.75 Å². The van der Waals surface area contributed by atoms with Crippen molar-refractivity contribution in [1.82, 2.24) is 10.6 Å². The van der Waals surface area contributed by atoms with E-state index >= 15 is 0 Å². The second-order valence-electron chi connectivity index (χ2n) is 5.08. The molecule has 0 spiro atoms. The van der Waals surface area contributed by atoms with E-state index in [1.807, 2.05) is 31.2 Å². The van der Waals surface area contributed by atoms with Crippen molar-refractivity contribution in [2.24, 2.45) is 5.92 Å². The predicted octanol–water partition coefficient (Wildman–Crippen LogP) is 2.12. The smallest absolute Gasteiger partial charge is 0.233 e. The highest BCUT2D eigenvalue weighted by Crippen LogP contribution is 2.18. The van der Waals surface area contributed by atoms with Crippen molar-refractivity contribution in [2.75, 3.05) is 20.2 Å². The molecule has 0 bridgehead atoms. The molecule has 0 aliphatic heterocycles. The first-order valence-electron chi connectivity index (χ1n) is 6.67. The molecule has 19 heavy (non-hydrogen) atoms. The topological polar surface area (TPSA) is 50.4 Å². The van der Waals surface area contributed by atoms with Crippen LogP contribution in [0.4, 0.5) is 0 Å². The molecule has 0 saturated heterocycles. The van der Waals surface area contributed by atoms with Crippen LogP contribution in [0.1, 0.15) is 32.4 Å². The summed E-state index contributed by atoms with van der Waals surface area (Å²) in [6.07, 6.45) is 0. The summed E-state index contributed by atoms with van der Waals surface area (Å²) in [6.45, 7) is 7.23. The molecule has 1 aromatic carbocycles. The summed E-state index contributed by atoms with van der Waals surface area (Å²) in [5.41, 5.74) is 1.11. The lowest BCUT2D eigenvalue weighted by atomic mass is 10.1. The first kappa shape index (κ1) is 15.5. The van der Waals surface area contributed by atoms with E-state index in [9.17, 15) is 4.79 Å². The normalized spacial score (nSPS) is 12.3. The van der Waals surface area contributed by atoms with Crippen LogP contribution in [-0.2, 0) is 4.79 Å². The summed E-state index contributed by atoms with van der Waals surface area (Å²) >= 11 is 0. The lowest BCUT2D eigenvalue weighted by Gasteiger charge is -2.15. The van der Waals surface area contributed by atoms with Crippen LogP contribution >= 0.6 is 0 Å². The summed E-state index contributed by atoms with van der Waals surface area (Å²) < 4.78 is 5.19. The van der Waals surface area contributed by atoms with Crippen LogP contribution in [0.3, 0.4) is 0 Å². The van der Waals surface area contributed by atoms with Crippen molar-refractivity contribution in [3.05, 3.63) is 29.8 Å². The highest BCUT2D eigenvalue weighted by Gasteiger charge is 2.08. The van der Waals surface area contributed by atoms with Crippen LogP contribution in [-0.4, -0.2) is 26.1 Å². The van der Waals surface area contributed by atoms with Crippen molar-refractivity contribution < 1.29 is 9.53 Å². The van der Waals surface area contributed by atoms with Gasteiger partial charge >= 0.3 is 0 Å². The van der Waals surface area contributed by atoms with Gasteiger partial charge < -0.3 is 15.4 Å². The Hall–Kier alpha value is -1.55. The molecule has 1 aromatic rings.